The van der Waals surface area contributed by atoms with Gasteiger partial charge in [0.1, 0.15) is 0 Å². The molecular formula is C39H57NO2. The van der Waals surface area contributed by atoms with E-state index in [1.54, 1.807) is 12.1 Å². The van der Waals surface area contributed by atoms with Crippen LogP contribution in [-0.4, -0.2) is 36.6 Å². The quantitative estimate of drug-likeness (QED) is 0.358. The molecular weight excluding hydrogens is 514 g/mol. The summed E-state index contributed by atoms with van der Waals surface area (Å²) in [7, 11) is 4.59. The van der Waals surface area contributed by atoms with Crippen molar-refractivity contribution in [2.24, 2.45) is 56.7 Å². The first kappa shape index (κ1) is 30.2. The Morgan fingerprint density at radius 1 is 0.905 bits per heavy atom. The highest BCUT2D eigenvalue weighted by Crippen LogP contribution is 2.77. The lowest BCUT2D eigenvalue weighted by Gasteiger charge is -2.72. The largest absolute Gasteiger partial charge is 0.478 e. The molecule has 1 aromatic rings. The van der Waals surface area contributed by atoms with E-state index in [2.05, 4.69) is 73.2 Å². The molecule has 5 aliphatic rings. The molecule has 4 saturated carbocycles. The number of benzene rings is 1. The average Bonchev–Trinajstić information content (AvgIpc) is 3.28. The molecule has 0 aromatic heterocycles. The summed E-state index contributed by atoms with van der Waals surface area (Å²) in [5.41, 5.74) is 5.98. The molecule has 0 bridgehead atoms. The second-order valence-electron chi connectivity index (χ2n) is 17.2. The maximum absolute atomic E-state index is 11.5. The Balaban J connectivity index is 1.36. The molecule has 0 spiro atoms. The van der Waals surface area contributed by atoms with Gasteiger partial charge in [-0.3, -0.25) is 0 Å². The number of rotatable bonds is 5. The van der Waals surface area contributed by atoms with E-state index < -0.39 is 5.97 Å². The smallest absolute Gasteiger partial charge is 0.335 e. The van der Waals surface area contributed by atoms with E-state index in [9.17, 15) is 9.90 Å². The SMILES string of the molecule is C=C(C)[C@@H]1CC[C@]2(CN(C)C)CC[C@]3(C)[C@H](CC[C@@H]4[C@@]5(C)CC=C(c6ccc(C(=O)O)cc6)C(C)(C)[C@@H]5CC[C@]43C)[C@@H]12. The lowest BCUT2D eigenvalue weighted by atomic mass is 9.32. The average molecular weight is 572 g/mol. The Labute approximate surface area is 256 Å². The fourth-order valence-corrected chi connectivity index (χ4v) is 13.1. The summed E-state index contributed by atoms with van der Waals surface area (Å²) in [5.74, 6) is 2.79. The van der Waals surface area contributed by atoms with Gasteiger partial charge in [-0.25, -0.2) is 4.79 Å². The van der Waals surface area contributed by atoms with Crippen molar-refractivity contribution in [3.63, 3.8) is 0 Å². The van der Waals surface area contributed by atoms with Crippen molar-refractivity contribution >= 4 is 11.5 Å². The molecule has 3 heteroatoms. The van der Waals surface area contributed by atoms with Crippen molar-refractivity contribution < 1.29 is 9.90 Å². The topological polar surface area (TPSA) is 40.5 Å². The second kappa shape index (κ2) is 9.82. The Kier molecular flexibility index (Phi) is 7.05. The first-order valence-electron chi connectivity index (χ1n) is 17.0. The standard InChI is InChI=1S/C39H57NO2/c1-25(2)28-16-21-39(24-40(8)9)23-22-37(6)30(33(28)39)14-15-32-36(5)19-17-29(26-10-12-27(13-11-26)34(41)42)35(3,4)31(36)18-20-38(32,37)7/h10-13,17,28,30-33H,1,14-16,18-24H2,2-9H3,(H,41,42)/t28-,30+,31-,32+,33+,36-,37+,38+,39+/m0/s1. The minimum absolute atomic E-state index is 0.0563. The van der Waals surface area contributed by atoms with Crippen molar-refractivity contribution in [3.05, 3.63) is 53.6 Å². The van der Waals surface area contributed by atoms with Gasteiger partial charge in [0.15, 0.2) is 0 Å². The van der Waals surface area contributed by atoms with Gasteiger partial charge in [0.25, 0.3) is 0 Å². The Morgan fingerprint density at radius 3 is 2.21 bits per heavy atom. The third-order valence-corrected chi connectivity index (χ3v) is 14.9. The summed E-state index contributed by atoms with van der Waals surface area (Å²) in [5, 5.41) is 9.44. The fourth-order valence-electron chi connectivity index (χ4n) is 13.1. The summed E-state index contributed by atoms with van der Waals surface area (Å²) in [6, 6.07) is 7.65. The molecule has 0 amide bonds. The number of nitrogens with zero attached hydrogens (tertiary/aromatic N) is 1. The first-order chi connectivity index (χ1) is 19.6. The fraction of sp³-hybridized carbons (Fsp3) is 0.718. The normalized spacial score (nSPS) is 43.9. The van der Waals surface area contributed by atoms with E-state index in [0.717, 1.165) is 24.2 Å². The van der Waals surface area contributed by atoms with Crippen LogP contribution in [0.5, 0.6) is 0 Å². The van der Waals surface area contributed by atoms with E-state index >= 15 is 0 Å². The van der Waals surface area contributed by atoms with E-state index in [4.69, 9.17) is 0 Å². The highest BCUT2D eigenvalue weighted by Gasteiger charge is 2.70. The van der Waals surface area contributed by atoms with Gasteiger partial charge >= 0.3 is 5.97 Å². The summed E-state index contributed by atoms with van der Waals surface area (Å²) in [6.45, 7) is 21.3. The Morgan fingerprint density at radius 2 is 1.60 bits per heavy atom. The van der Waals surface area contributed by atoms with Crippen LogP contribution in [0.25, 0.3) is 5.57 Å². The van der Waals surface area contributed by atoms with Gasteiger partial charge in [-0.05, 0) is 159 Å². The minimum Gasteiger partial charge on any atom is -0.478 e. The molecule has 0 unspecified atom stereocenters. The van der Waals surface area contributed by atoms with Crippen LogP contribution >= 0.6 is 0 Å². The summed E-state index contributed by atoms with van der Waals surface area (Å²) >= 11 is 0. The van der Waals surface area contributed by atoms with Crippen LogP contribution in [0.3, 0.4) is 0 Å². The first-order valence-corrected chi connectivity index (χ1v) is 17.0. The van der Waals surface area contributed by atoms with E-state index in [-0.39, 0.29) is 10.8 Å². The number of fused-ring (bicyclic) bond motifs is 7. The van der Waals surface area contributed by atoms with E-state index in [1.807, 2.05) is 12.1 Å². The van der Waals surface area contributed by atoms with Crippen LogP contribution < -0.4 is 0 Å². The molecule has 0 saturated heterocycles. The molecule has 5 aliphatic carbocycles. The maximum atomic E-state index is 11.5. The van der Waals surface area contributed by atoms with Crippen LogP contribution in [0.15, 0.2) is 42.5 Å². The molecule has 6 rings (SSSR count). The van der Waals surface area contributed by atoms with Crippen LogP contribution in [-0.2, 0) is 0 Å². The number of carbonyl (C=O) groups is 1. The summed E-state index contributed by atoms with van der Waals surface area (Å²) < 4.78 is 0. The number of hydrogen-bond donors (Lipinski definition) is 1. The third-order valence-electron chi connectivity index (χ3n) is 14.9. The van der Waals surface area contributed by atoms with E-state index in [1.165, 1.54) is 74.6 Å². The van der Waals surface area contributed by atoms with Crippen LogP contribution in [0.4, 0.5) is 0 Å². The summed E-state index contributed by atoms with van der Waals surface area (Å²) in [6.07, 6.45) is 14.6. The Bertz CT molecular complexity index is 1290. The maximum Gasteiger partial charge on any atom is 0.335 e. The zero-order valence-corrected chi connectivity index (χ0v) is 27.9. The van der Waals surface area contributed by atoms with Gasteiger partial charge in [-0.15, -0.1) is 0 Å². The van der Waals surface area contributed by atoms with Crippen LogP contribution in [0, 0.1) is 56.7 Å². The molecule has 0 heterocycles. The summed E-state index contributed by atoms with van der Waals surface area (Å²) in [4.78, 5) is 14.0. The number of aromatic carboxylic acids is 1. The van der Waals surface area contributed by atoms with Crippen LogP contribution in [0.2, 0.25) is 0 Å². The monoisotopic (exact) mass is 571 g/mol. The zero-order chi connectivity index (χ0) is 30.5. The van der Waals surface area contributed by atoms with Gasteiger partial charge in [-0.2, -0.15) is 0 Å². The highest BCUT2D eigenvalue weighted by molar-refractivity contribution is 5.88. The lowest BCUT2D eigenvalue weighted by Crippen LogP contribution is -2.65. The molecule has 9 atom stereocenters. The highest BCUT2D eigenvalue weighted by atomic mass is 16.4. The van der Waals surface area contributed by atoms with Gasteiger partial charge in [0.05, 0.1) is 5.56 Å². The molecule has 3 nitrogen and oxygen atoms in total. The number of hydrogen-bond acceptors (Lipinski definition) is 2. The number of allylic oxidation sites excluding steroid dienone is 3. The molecule has 4 fully saturated rings. The number of carboxylic acids is 1. The van der Waals surface area contributed by atoms with Gasteiger partial charge in [-0.1, -0.05) is 65.0 Å². The molecule has 230 valence electrons. The predicted octanol–water partition coefficient (Wildman–Crippen LogP) is 9.60. The molecule has 0 radical (unpaired) electrons. The lowest BCUT2D eigenvalue weighted by molar-refractivity contribution is -0.226. The molecule has 1 aromatic carbocycles. The molecule has 0 aliphatic heterocycles. The van der Waals surface area contributed by atoms with Crippen molar-refractivity contribution in [1.29, 1.82) is 0 Å². The molecule has 1 N–H and O–H groups in total. The van der Waals surface area contributed by atoms with Crippen molar-refractivity contribution in [2.75, 3.05) is 20.6 Å². The number of carboxylic acid groups (broad SMARTS) is 1. The van der Waals surface area contributed by atoms with Gasteiger partial charge < -0.3 is 10.0 Å². The minimum atomic E-state index is -0.851. The van der Waals surface area contributed by atoms with Crippen molar-refractivity contribution in [3.8, 4) is 0 Å². The predicted molar refractivity (Wildman–Crippen MR) is 174 cm³/mol. The van der Waals surface area contributed by atoms with Crippen molar-refractivity contribution in [2.45, 2.75) is 99.3 Å². The zero-order valence-electron chi connectivity index (χ0n) is 27.9. The van der Waals surface area contributed by atoms with Gasteiger partial charge in [0.2, 0.25) is 0 Å². The van der Waals surface area contributed by atoms with Crippen LogP contribution in [0.1, 0.15) is 115 Å². The third kappa shape index (κ3) is 4.04. The Hall–Kier alpha value is -1.87. The van der Waals surface area contributed by atoms with E-state index in [0.29, 0.717) is 33.6 Å². The molecule has 42 heavy (non-hydrogen) atoms. The second-order valence-corrected chi connectivity index (χ2v) is 17.2. The van der Waals surface area contributed by atoms with Crippen molar-refractivity contribution in [1.82, 2.24) is 4.90 Å². The van der Waals surface area contributed by atoms with Gasteiger partial charge in [0, 0.05) is 6.54 Å².